The van der Waals surface area contributed by atoms with Crippen LogP contribution in [0.5, 0.6) is 0 Å². The number of aromatic nitrogens is 4. The molecule has 1 fully saturated rings. The Morgan fingerprint density at radius 3 is 2.69 bits per heavy atom. The van der Waals surface area contributed by atoms with E-state index in [1.165, 1.54) is 0 Å². The molecule has 4 rings (SSSR count). The minimum absolute atomic E-state index is 0.396. The third-order valence-corrected chi connectivity index (χ3v) is 5.13. The van der Waals surface area contributed by atoms with Crippen molar-refractivity contribution in [2.24, 2.45) is 0 Å². The Hall–Kier alpha value is -3.37. The van der Waals surface area contributed by atoms with Gasteiger partial charge in [-0.3, -0.25) is 9.88 Å². The molecule has 4 heterocycles. The molecular formula is C22H23N7. The fourth-order valence-corrected chi connectivity index (χ4v) is 3.65. The van der Waals surface area contributed by atoms with Crippen molar-refractivity contribution >= 4 is 11.5 Å². The lowest BCUT2D eigenvalue weighted by atomic mass is 9.93. The van der Waals surface area contributed by atoms with Crippen LogP contribution >= 0.6 is 0 Å². The van der Waals surface area contributed by atoms with Gasteiger partial charge in [0.05, 0.1) is 17.6 Å². The normalized spacial score (nSPS) is 15.0. The highest BCUT2D eigenvalue weighted by Gasteiger charge is 2.22. The number of likely N-dealkylation sites (tertiary alicyclic amines) is 1. The van der Waals surface area contributed by atoms with Crippen LogP contribution < -0.4 is 5.32 Å². The smallest absolute Gasteiger partial charge is 0.140 e. The number of aryl methyl sites for hydroxylation is 1. The highest BCUT2D eigenvalue weighted by Crippen LogP contribution is 2.29. The van der Waals surface area contributed by atoms with Crippen molar-refractivity contribution in [2.75, 3.05) is 18.4 Å². The molecule has 0 spiro atoms. The maximum Gasteiger partial charge on any atom is 0.140 e. The van der Waals surface area contributed by atoms with E-state index >= 15 is 0 Å². The summed E-state index contributed by atoms with van der Waals surface area (Å²) in [5, 5.41) is 12.2. The summed E-state index contributed by atoms with van der Waals surface area (Å²) in [6.45, 7) is 4.88. The number of nitriles is 1. The van der Waals surface area contributed by atoms with Crippen LogP contribution in [0.25, 0.3) is 0 Å². The highest BCUT2D eigenvalue weighted by molar-refractivity contribution is 5.55. The third kappa shape index (κ3) is 4.92. The molecular weight excluding hydrogens is 362 g/mol. The van der Waals surface area contributed by atoms with E-state index < -0.39 is 0 Å². The van der Waals surface area contributed by atoms with Crippen LogP contribution in [0.3, 0.4) is 0 Å². The van der Waals surface area contributed by atoms with Gasteiger partial charge in [-0.15, -0.1) is 0 Å². The molecule has 1 aliphatic rings. The van der Waals surface area contributed by atoms with Crippen molar-refractivity contribution in [2.45, 2.75) is 32.2 Å². The average molecular weight is 385 g/mol. The Kier molecular flexibility index (Phi) is 5.73. The molecule has 146 valence electrons. The standard InChI is InChI=1S/C22H23N7/c1-16-26-21(12-22(27-16)28-19-6-5-18(13-23)25-14-19)17-7-10-29(11-8-17)15-20-4-2-3-9-24-20/h2-6,9,12,14,17H,7-8,10-11,15H2,1H3,(H,26,27,28). The second-order valence-corrected chi connectivity index (χ2v) is 7.27. The van der Waals surface area contributed by atoms with Crippen molar-refractivity contribution in [3.63, 3.8) is 0 Å². The van der Waals surface area contributed by atoms with Gasteiger partial charge in [0.2, 0.25) is 0 Å². The second kappa shape index (κ2) is 8.76. The van der Waals surface area contributed by atoms with E-state index in [0.717, 1.165) is 61.2 Å². The number of nitrogens with one attached hydrogen (secondary N) is 1. The molecule has 3 aromatic rings. The molecule has 7 nitrogen and oxygen atoms in total. The molecule has 0 saturated carbocycles. The van der Waals surface area contributed by atoms with Gasteiger partial charge in [0, 0.05) is 30.4 Å². The number of anilines is 2. The number of pyridine rings is 2. The fourth-order valence-electron chi connectivity index (χ4n) is 3.65. The van der Waals surface area contributed by atoms with Gasteiger partial charge in [0.15, 0.2) is 0 Å². The molecule has 0 radical (unpaired) electrons. The van der Waals surface area contributed by atoms with Gasteiger partial charge in [-0.05, 0) is 57.1 Å². The number of hydrogen-bond donors (Lipinski definition) is 1. The van der Waals surface area contributed by atoms with Gasteiger partial charge in [-0.25, -0.2) is 15.0 Å². The van der Waals surface area contributed by atoms with E-state index in [0.29, 0.717) is 11.6 Å². The lowest BCUT2D eigenvalue weighted by molar-refractivity contribution is 0.201. The quantitative estimate of drug-likeness (QED) is 0.718. The molecule has 1 aliphatic heterocycles. The van der Waals surface area contributed by atoms with Gasteiger partial charge in [0.25, 0.3) is 0 Å². The molecule has 3 aromatic heterocycles. The molecule has 1 N–H and O–H groups in total. The number of piperidine rings is 1. The molecule has 0 aliphatic carbocycles. The number of rotatable bonds is 5. The second-order valence-electron chi connectivity index (χ2n) is 7.27. The van der Waals surface area contributed by atoms with Crippen molar-refractivity contribution < 1.29 is 0 Å². The van der Waals surface area contributed by atoms with E-state index in [9.17, 15) is 0 Å². The Morgan fingerprint density at radius 1 is 1.14 bits per heavy atom. The van der Waals surface area contributed by atoms with Gasteiger partial charge in [-0.2, -0.15) is 5.26 Å². The summed E-state index contributed by atoms with van der Waals surface area (Å²) in [5.74, 6) is 1.94. The summed E-state index contributed by atoms with van der Waals surface area (Å²) >= 11 is 0. The van der Waals surface area contributed by atoms with Crippen LogP contribution in [0, 0.1) is 18.3 Å². The zero-order valence-electron chi connectivity index (χ0n) is 16.4. The first-order valence-corrected chi connectivity index (χ1v) is 9.80. The van der Waals surface area contributed by atoms with Crippen LogP contribution in [-0.2, 0) is 6.54 Å². The minimum Gasteiger partial charge on any atom is -0.339 e. The van der Waals surface area contributed by atoms with E-state index in [4.69, 9.17) is 10.2 Å². The van der Waals surface area contributed by atoms with Crippen molar-refractivity contribution in [3.8, 4) is 6.07 Å². The van der Waals surface area contributed by atoms with Crippen LogP contribution in [0.1, 0.15) is 41.7 Å². The lowest BCUT2D eigenvalue weighted by Gasteiger charge is -2.31. The summed E-state index contributed by atoms with van der Waals surface area (Å²) in [6, 6.07) is 13.6. The van der Waals surface area contributed by atoms with Crippen LogP contribution in [0.2, 0.25) is 0 Å². The van der Waals surface area contributed by atoms with Gasteiger partial charge < -0.3 is 5.32 Å². The van der Waals surface area contributed by atoms with Crippen molar-refractivity contribution in [1.29, 1.82) is 5.26 Å². The van der Waals surface area contributed by atoms with Gasteiger partial charge >= 0.3 is 0 Å². The summed E-state index contributed by atoms with van der Waals surface area (Å²) in [4.78, 5) is 20.2. The average Bonchev–Trinajstić information content (AvgIpc) is 2.75. The van der Waals surface area contributed by atoms with E-state index in [-0.39, 0.29) is 0 Å². The maximum atomic E-state index is 8.88. The molecule has 29 heavy (non-hydrogen) atoms. The number of nitrogens with zero attached hydrogens (tertiary/aromatic N) is 6. The van der Waals surface area contributed by atoms with Crippen LogP contribution in [0.4, 0.5) is 11.5 Å². The highest BCUT2D eigenvalue weighted by atomic mass is 15.1. The molecule has 0 atom stereocenters. The van der Waals surface area contributed by atoms with E-state index in [2.05, 4.69) is 31.2 Å². The molecule has 7 heteroatoms. The number of hydrogen-bond acceptors (Lipinski definition) is 7. The van der Waals surface area contributed by atoms with Gasteiger partial charge in [-0.1, -0.05) is 6.07 Å². The molecule has 0 amide bonds. The summed E-state index contributed by atoms with van der Waals surface area (Å²) in [6.07, 6.45) is 5.64. The lowest BCUT2D eigenvalue weighted by Crippen LogP contribution is -2.33. The van der Waals surface area contributed by atoms with Crippen LogP contribution in [-0.4, -0.2) is 37.9 Å². The SMILES string of the molecule is Cc1nc(Nc2ccc(C#N)nc2)cc(C2CCN(Cc3ccccn3)CC2)n1. The van der Waals surface area contributed by atoms with Gasteiger partial charge in [0.1, 0.15) is 23.4 Å². The fraction of sp³-hybridized carbons (Fsp3) is 0.318. The first-order valence-electron chi connectivity index (χ1n) is 9.80. The predicted molar refractivity (Wildman–Crippen MR) is 110 cm³/mol. The first kappa shape index (κ1) is 19.0. The van der Waals surface area contributed by atoms with Crippen LogP contribution in [0.15, 0.2) is 48.8 Å². The Morgan fingerprint density at radius 2 is 2.00 bits per heavy atom. The van der Waals surface area contributed by atoms with Crippen molar-refractivity contribution in [1.82, 2.24) is 24.8 Å². The first-order chi connectivity index (χ1) is 14.2. The summed E-state index contributed by atoms with van der Waals surface area (Å²) in [7, 11) is 0. The summed E-state index contributed by atoms with van der Waals surface area (Å²) in [5.41, 5.74) is 3.40. The summed E-state index contributed by atoms with van der Waals surface area (Å²) < 4.78 is 0. The Labute approximate surface area is 170 Å². The monoisotopic (exact) mass is 385 g/mol. The Bertz CT molecular complexity index is 988. The maximum absolute atomic E-state index is 8.88. The molecule has 0 bridgehead atoms. The zero-order chi connectivity index (χ0) is 20.1. The predicted octanol–water partition coefficient (Wildman–Crippen LogP) is 3.57. The Balaban J connectivity index is 1.40. The van der Waals surface area contributed by atoms with E-state index in [1.54, 1.807) is 12.3 Å². The third-order valence-electron chi connectivity index (χ3n) is 5.13. The largest absolute Gasteiger partial charge is 0.339 e. The molecule has 0 aromatic carbocycles. The van der Waals surface area contributed by atoms with Crippen molar-refractivity contribution in [3.05, 3.63) is 71.7 Å². The van der Waals surface area contributed by atoms with E-state index in [1.807, 2.05) is 43.5 Å². The molecule has 1 saturated heterocycles. The molecule has 0 unspecified atom stereocenters. The topological polar surface area (TPSA) is 90.6 Å². The minimum atomic E-state index is 0.396. The zero-order valence-corrected chi connectivity index (χ0v) is 16.4.